The highest BCUT2D eigenvalue weighted by Crippen LogP contribution is 2.30. The molecule has 0 amide bonds. The Balaban J connectivity index is 1.40. The van der Waals surface area contributed by atoms with Crippen molar-refractivity contribution in [2.45, 2.75) is 52.3 Å². The van der Waals surface area contributed by atoms with Gasteiger partial charge in [-0.2, -0.15) is 5.26 Å². The number of aryl methyl sites for hydroxylation is 1. The lowest BCUT2D eigenvalue weighted by Gasteiger charge is -2.32. The van der Waals surface area contributed by atoms with Gasteiger partial charge in [0.05, 0.1) is 11.8 Å². The maximum absolute atomic E-state index is 8.99. The summed E-state index contributed by atoms with van der Waals surface area (Å²) < 4.78 is 12.0. The Labute approximate surface area is 232 Å². The summed E-state index contributed by atoms with van der Waals surface area (Å²) in [6.45, 7) is 10.1. The zero-order valence-electron chi connectivity index (χ0n) is 23.5. The largest absolute Gasteiger partial charge is 0.489 e. The fourth-order valence-electron chi connectivity index (χ4n) is 5.15. The molecule has 0 unspecified atom stereocenters. The van der Waals surface area contributed by atoms with E-state index in [0.29, 0.717) is 17.9 Å². The van der Waals surface area contributed by atoms with Crippen LogP contribution in [0.2, 0.25) is 0 Å². The first kappa shape index (κ1) is 28.4. The van der Waals surface area contributed by atoms with Crippen molar-refractivity contribution in [2.24, 2.45) is 5.92 Å². The molecule has 0 aliphatic carbocycles. The van der Waals surface area contributed by atoms with Crippen molar-refractivity contribution in [3.05, 3.63) is 101 Å². The van der Waals surface area contributed by atoms with E-state index in [1.165, 1.54) is 18.4 Å². The van der Waals surface area contributed by atoms with E-state index in [9.17, 15) is 0 Å². The number of nitriles is 1. The second-order valence-corrected chi connectivity index (χ2v) is 10.7. The highest BCUT2D eigenvalue weighted by atomic mass is 16.5. The van der Waals surface area contributed by atoms with E-state index in [2.05, 4.69) is 84.2 Å². The number of fused-ring (bicyclic) bond motifs is 1. The van der Waals surface area contributed by atoms with E-state index >= 15 is 0 Å². The predicted octanol–water partition coefficient (Wildman–Crippen LogP) is 6.79. The van der Waals surface area contributed by atoms with Crippen molar-refractivity contribution in [1.82, 2.24) is 15.0 Å². The van der Waals surface area contributed by atoms with Crippen LogP contribution in [0.25, 0.3) is 11.0 Å². The van der Waals surface area contributed by atoms with Gasteiger partial charge in [0, 0.05) is 29.6 Å². The number of likely N-dealkylation sites (tertiary alicyclic amines) is 1. The third-order valence-corrected chi connectivity index (χ3v) is 7.40. The SMILES string of the molecule is C=C/C(=C\C=C(/C)C#N)OCc1ccc2c(CCC3CCN(Cc4ccccc4)CC3)noc2c1CN(C)C. The topological polar surface area (TPSA) is 65.5 Å². The average molecular weight is 525 g/mol. The highest BCUT2D eigenvalue weighted by Gasteiger charge is 2.21. The number of hydrogen-bond acceptors (Lipinski definition) is 6. The summed E-state index contributed by atoms with van der Waals surface area (Å²) in [5, 5.41) is 14.6. The molecule has 1 fully saturated rings. The number of piperidine rings is 1. The first-order chi connectivity index (χ1) is 19.0. The molecule has 39 heavy (non-hydrogen) atoms. The van der Waals surface area contributed by atoms with Crippen LogP contribution in [0, 0.1) is 17.2 Å². The number of aromatic nitrogens is 1. The van der Waals surface area contributed by atoms with Crippen molar-refractivity contribution in [2.75, 3.05) is 27.2 Å². The van der Waals surface area contributed by atoms with Gasteiger partial charge >= 0.3 is 0 Å². The Bertz CT molecular complexity index is 1340. The third kappa shape index (κ3) is 7.92. The first-order valence-electron chi connectivity index (χ1n) is 13.8. The fourth-order valence-corrected chi connectivity index (χ4v) is 5.15. The molecule has 0 bridgehead atoms. The summed E-state index contributed by atoms with van der Waals surface area (Å²) in [6, 6.07) is 17.1. The number of nitrogens with zero attached hydrogens (tertiary/aromatic N) is 4. The molecule has 4 rings (SSSR count). The number of hydrogen-bond donors (Lipinski definition) is 0. The van der Waals surface area contributed by atoms with Gasteiger partial charge in [0.25, 0.3) is 0 Å². The molecule has 0 saturated carbocycles. The van der Waals surface area contributed by atoms with Crippen LogP contribution in [-0.4, -0.2) is 42.1 Å². The molecule has 1 aliphatic heterocycles. The second-order valence-electron chi connectivity index (χ2n) is 10.7. The second kappa shape index (κ2) is 13.9. The van der Waals surface area contributed by atoms with E-state index in [1.54, 1.807) is 25.2 Å². The van der Waals surface area contributed by atoms with Gasteiger partial charge in [-0.3, -0.25) is 4.90 Å². The zero-order chi connectivity index (χ0) is 27.6. The molecule has 1 aromatic heterocycles. The van der Waals surface area contributed by atoms with E-state index in [1.807, 2.05) is 0 Å². The predicted molar refractivity (Wildman–Crippen MR) is 157 cm³/mol. The molecule has 0 radical (unpaired) electrons. The fraction of sp³-hybridized carbons (Fsp3) is 0.394. The molecule has 2 heterocycles. The summed E-state index contributed by atoms with van der Waals surface area (Å²) in [7, 11) is 4.10. The molecular formula is C33H40N4O2. The normalized spacial score (nSPS) is 15.6. The number of allylic oxidation sites excluding steroid dienone is 4. The van der Waals surface area contributed by atoms with Gasteiger partial charge in [-0.15, -0.1) is 0 Å². The molecule has 0 spiro atoms. The standard InChI is InChI=1S/C33H40N4O2/c1-5-29(14-11-25(2)21-34)38-24-28-13-15-30-32(35-39-33(30)31(28)23-36(3)4)16-12-26-17-19-37(20-18-26)22-27-9-7-6-8-10-27/h5-11,13-15,26H,1,12,16-20,22-24H2,2-4H3/b25-11+,29-14+. The molecule has 0 N–H and O–H groups in total. The van der Waals surface area contributed by atoms with Crippen molar-refractivity contribution in [1.29, 1.82) is 5.26 Å². The molecular weight excluding hydrogens is 484 g/mol. The van der Waals surface area contributed by atoms with Gasteiger partial charge in [-0.25, -0.2) is 0 Å². The van der Waals surface area contributed by atoms with Crippen LogP contribution in [0.5, 0.6) is 0 Å². The van der Waals surface area contributed by atoms with Crippen molar-refractivity contribution >= 4 is 11.0 Å². The smallest absolute Gasteiger partial charge is 0.172 e. The highest BCUT2D eigenvalue weighted by molar-refractivity contribution is 5.83. The molecule has 204 valence electrons. The summed E-state index contributed by atoms with van der Waals surface area (Å²) in [4.78, 5) is 4.70. The lowest BCUT2D eigenvalue weighted by Crippen LogP contribution is -2.33. The number of rotatable bonds is 12. The molecule has 3 aromatic rings. The molecule has 6 heteroatoms. The Morgan fingerprint density at radius 2 is 1.95 bits per heavy atom. The van der Waals surface area contributed by atoms with Crippen molar-refractivity contribution < 1.29 is 9.26 Å². The maximum atomic E-state index is 8.99. The van der Waals surface area contributed by atoms with E-state index in [-0.39, 0.29) is 0 Å². The van der Waals surface area contributed by atoms with Crippen LogP contribution in [0.1, 0.15) is 48.6 Å². The van der Waals surface area contributed by atoms with E-state index in [4.69, 9.17) is 14.5 Å². The average Bonchev–Trinajstić information content (AvgIpc) is 3.37. The van der Waals surface area contributed by atoms with Crippen molar-refractivity contribution in [3.63, 3.8) is 0 Å². The van der Waals surface area contributed by atoms with E-state index < -0.39 is 0 Å². The van der Waals surface area contributed by atoms with Gasteiger partial charge in [-0.1, -0.05) is 48.1 Å². The summed E-state index contributed by atoms with van der Waals surface area (Å²) in [5.74, 6) is 1.34. The quantitative estimate of drug-likeness (QED) is 0.148. The molecule has 6 nitrogen and oxygen atoms in total. The Morgan fingerprint density at radius 3 is 2.64 bits per heavy atom. The van der Waals surface area contributed by atoms with Gasteiger partial charge in [0.15, 0.2) is 5.58 Å². The number of benzene rings is 2. The van der Waals surface area contributed by atoms with Gasteiger partial charge in [0.1, 0.15) is 12.4 Å². The monoisotopic (exact) mass is 524 g/mol. The van der Waals surface area contributed by atoms with Gasteiger partial charge < -0.3 is 14.2 Å². The van der Waals surface area contributed by atoms with Crippen LogP contribution >= 0.6 is 0 Å². The van der Waals surface area contributed by atoms with Crippen LogP contribution < -0.4 is 0 Å². The van der Waals surface area contributed by atoms with E-state index in [0.717, 1.165) is 72.7 Å². The summed E-state index contributed by atoms with van der Waals surface area (Å²) in [5.41, 5.74) is 6.05. The van der Waals surface area contributed by atoms with Crippen LogP contribution in [0.3, 0.4) is 0 Å². The third-order valence-electron chi connectivity index (χ3n) is 7.40. The summed E-state index contributed by atoms with van der Waals surface area (Å²) >= 11 is 0. The lowest BCUT2D eigenvalue weighted by atomic mass is 9.90. The van der Waals surface area contributed by atoms with Crippen LogP contribution in [0.15, 0.2) is 83.1 Å². The van der Waals surface area contributed by atoms with Crippen LogP contribution in [0.4, 0.5) is 0 Å². The van der Waals surface area contributed by atoms with Gasteiger partial charge in [0.2, 0.25) is 0 Å². The Morgan fingerprint density at radius 1 is 1.18 bits per heavy atom. The minimum absolute atomic E-state index is 0.383. The lowest BCUT2D eigenvalue weighted by molar-refractivity contribution is 0.172. The number of ether oxygens (including phenoxy) is 1. The maximum Gasteiger partial charge on any atom is 0.172 e. The minimum Gasteiger partial charge on any atom is -0.489 e. The minimum atomic E-state index is 0.383. The van der Waals surface area contributed by atoms with Crippen molar-refractivity contribution in [3.8, 4) is 6.07 Å². The Hall–Kier alpha value is -3.66. The summed E-state index contributed by atoms with van der Waals surface area (Å²) in [6.07, 6.45) is 9.70. The molecule has 1 saturated heterocycles. The van der Waals surface area contributed by atoms with Crippen LogP contribution in [-0.2, 0) is 30.9 Å². The van der Waals surface area contributed by atoms with Gasteiger partial charge in [-0.05, 0) is 101 Å². The molecule has 2 aromatic carbocycles. The first-order valence-corrected chi connectivity index (χ1v) is 13.8. The molecule has 0 atom stereocenters. The molecule has 1 aliphatic rings. The Kier molecular flexibility index (Phi) is 10.1. The zero-order valence-corrected chi connectivity index (χ0v) is 23.5.